The monoisotopic (exact) mass is 392 g/mol. The Morgan fingerprint density at radius 2 is 2.00 bits per heavy atom. The number of carbonyl (C=O) groups excluding carboxylic acids is 1. The minimum Gasteiger partial charge on any atom is -0.434 e. The zero-order valence-corrected chi connectivity index (χ0v) is 15.3. The number of para-hydroxylation sites is 1. The van der Waals surface area contributed by atoms with Crippen molar-refractivity contribution in [2.45, 2.75) is 33.5 Å². The van der Waals surface area contributed by atoms with E-state index in [1.165, 1.54) is 23.1 Å². The molecule has 4 rings (SSSR count). The average molecular weight is 393 g/mol. The quantitative estimate of drug-likeness (QED) is 0.681. The van der Waals surface area contributed by atoms with Gasteiger partial charge >= 0.3 is 6.61 Å². The summed E-state index contributed by atoms with van der Waals surface area (Å²) in [5.41, 5.74) is 3.75. The van der Waals surface area contributed by atoms with E-state index in [1.807, 2.05) is 13.8 Å². The summed E-state index contributed by atoms with van der Waals surface area (Å²) in [6.45, 7) is 1.21. The van der Waals surface area contributed by atoms with Gasteiger partial charge in [-0.3, -0.25) is 4.79 Å². The lowest BCUT2D eigenvalue weighted by Crippen LogP contribution is -2.26. The van der Waals surface area contributed by atoms with Crippen molar-refractivity contribution in [3.05, 3.63) is 57.5 Å². The third-order valence-corrected chi connectivity index (χ3v) is 5.12. The number of halogens is 3. The van der Waals surface area contributed by atoms with Crippen molar-refractivity contribution < 1.29 is 18.3 Å². The minimum absolute atomic E-state index is 0.0864. The van der Waals surface area contributed by atoms with E-state index in [0.717, 1.165) is 11.3 Å². The van der Waals surface area contributed by atoms with Crippen molar-refractivity contribution in [2.75, 3.05) is 0 Å². The van der Waals surface area contributed by atoms with Gasteiger partial charge in [-0.1, -0.05) is 23.7 Å². The highest BCUT2D eigenvalue weighted by Crippen LogP contribution is 2.31. The van der Waals surface area contributed by atoms with Gasteiger partial charge in [0.1, 0.15) is 5.75 Å². The van der Waals surface area contributed by atoms with Crippen LogP contribution in [-0.4, -0.2) is 32.0 Å². The Bertz CT molecular complexity index is 1070. The fourth-order valence-corrected chi connectivity index (χ4v) is 3.39. The van der Waals surface area contributed by atoms with Crippen molar-refractivity contribution in [3.8, 4) is 5.75 Å². The molecule has 0 bridgehead atoms. The maximum atomic E-state index is 12.9. The highest BCUT2D eigenvalue weighted by atomic mass is 35.5. The van der Waals surface area contributed by atoms with Crippen LogP contribution in [0.15, 0.2) is 24.3 Å². The molecule has 9 heteroatoms. The molecule has 0 aliphatic carbocycles. The number of fused-ring (bicyclic) bond motifs is 3. The second kappa shape index (κ2) is 6.45. The third-order valence-electron chi connectivity index (χ3n) is 4.58. The number of nitrogens with zero attached hydrogens (tertiary/aromatic N) is 4. The Hall–Kier alpha value is -2.74. The number of alkyl halides is 2. The molecule has 0 N–H and O–H groups in total. The summed E-state index contributed by atoms with van der Waals surface area (Å²) < 4.78 is 31.4. The number of aryl methyl sites for hydroxylation is 2. The van der Waals surface area contributed by atoms with Crippen molar-refractivity contribution >= 4 is 23.2 Å². The molecule has 1 aliphatic heterocycles. The summed E-state index contributed by atoms with van der Waals surface area (Å²) in [5.74, 6) is -0.544. The molecule has 0 atom stereocenters. The van der Waals surface area contributed by atoms with E-state index in [9.17, 15) is 13.6 Å². The second-order valence-electron chi connectivity index (χ2n) is 6.29. The van der Waals surface area contributed by atoms with Gasteiger partial charge in [0.15, 0.2) is 5.65 Å². The molecule has 1 aliphatic rings. The van der Waals surface area contributed by atoms with Crippen LogP contribution in [0.5, 0.6) is 5.75 Å². The summed E-state index contributed by atoms with van der Waals surface area (Å²) in [7, 11) is 0. The van der Waals surface area contributed by atoms with Gasteiger partial charge in [0.25, 0.3) is 5.91 Å². The molecule has 27 heavy (non-hydrogen) atoms. The second-order valence-corrected chi connectivity index (χ2v) is 6.67. The van der Waals surface area contributed by atoms with Crippen molar-refractivity contribution in [3.63, 3.8) is 0 Å². The zero-order valence-electron chi connectivity index (χ0n) is 14.5. The molecule has 140 valence electrons. The fourth-order valence-electron chi connectivity index (χ4n) is 3.27. The van der Waals surface area contributed by atoms with Crippen molar-refractivity contribution in [1.82, 2.24) is 19.5 Å². The van der Waals surface area contributed by atoms with Gasteiger partial charge in [-0.25, -0.2) is 9.50 Å². The lowest BCUT2D eigenvalue weighted by Gasteiger charge is -2.18. The molecule has 3 aromatic rings. The van der Waals surface area contributed by atoms with E-state index in [1.54, 1.807) is 10.6 Å². The number of hydrogen-bond donors (Lipinski definition) is 0. The predicted molar refractivity (Wildman–Crippen MR) is 94.1 cm³/mol. The van der Waals surface area contributed by atoms with E-state index in [0.29, 0.717) is 22.1 Å². The normalized spacial score (nSPS) is 13.5. The first-order valence-electron chi connectivity index (χ1n) is 8.23. The predicted octanol–water partition coefficient (Wildman–Crippen LogP) is 3.76. The first kappa shape index (κ1) is 17.7. The fraction of sp³-hybridized carbons (Fsp3) is 0.278. The Kier molecular flexibility index (Phi) is 4.22. The molecular formula is C18H15ClF2N4O2. The Balaban J connectivity index is 1.67. The highest BCUT2D eigenvalue weighted by Gasteiger charge is 2.31. The van der Waals surface area contributed by atoms with Crippen molar-refractivity contribution in [2.24, 2.45) is 0 Å². The molecule has 2 aromatic heterocycles. The van der Waals surface area contributed by atoms with E-state index in [4.69, 9.17) is 11.6 Å². The molecule has 6 nitrogen and oxygen atoms in total. The van der Waals surface area contributed by atoms with Gasteiger partial charge in [0, 0.05) is 5.56 Å². The van der Waals surface area contributed by atoms with Gasteiger partial charge < -0.3 is 9.64 Å². The van der Waals surface area contributed by atoms with Crippen LogP contribution in [-0.2, 0) is 13.1 Å². The summed E-state index contributed by atoms with van der Waals surface area (Å²) in [5, 5.41) is 5.07. The number of rotatable bonds is 3. The maximum absolute atomic E-state index is 12.9. The van der Waals surface area contributed by atoms with Crippen molar-refractivity contribution in [1.29, 1.82) is 0 Å². The van der Waals surface area contributed by atoms with Crippen LogP contribution in [0.4, 0.5) is 8.78 Å². The minimum atomic E-state index is -3.00. The van der Waals surface area contributed by atoms with Gasteiger partial charge in [0.2, 0.25) is 0 Å². The average Bonchev–Trinajstić information content (AvgIpc) is 3.18. The van der Waals surface area contributed by atoms with E-state index < -0.39 is 12.5 Å². The summed E-state index contributed by atoms with van der Waals surface area (Å²) >= 11 is 6.23. The number of carbonyl (C=O) groups is 1. The molecule has 1 aromatic carbocycles. The molecular weight excluding hydrogens is 378 g/mol. The topological polar surface area (TPSA) is 59.7 Å². The molecule has 0 spiro atoms. The molecule has 0 saturated heterocycles. The van der Waals surface area contributed by atoms with Gasteiger partial charge in [-0.2, -0.15) is 13.9 Å². The van der Waals surface area contributed by atoms with E-state index >= 15 is 0 Å². The van der Waals surface area contributed by atoms with E-state index in [-0.39, 0.29) is 24.4 Å². The maximum Gasteiger partial charge on any atom is 0.387 e. The first-order valence-corrected chi connectivity index (χ1v) is 8.61. The summed E-state index contributed by atoms with van der Waals surface area (Å²) in [4.78, 5) is 18.9. The Morgan fingerprint density at radius 1 is 1.26 bits per heavy atom. The molecule has 1 amide bonds. The summed E-state index contributed by atoms with van der Waals surface area (Å²) in [6, 6.07) is 5.96. The van der Waals surface area contributed by atoms with E-state index in [2.05, 4.69) is 14.8 Å². The van der Waals surface area contributed by atoms with Crippen LogP contribution < -0.4 is 4.74 Å². The summed E-state index contributed by atoms with van der Waals surface area (Å²) in [6.07, 6.45) is 0. The van der Waals surface area contributed by atoms with Gasteiger partial charge in [0.05, 0.1) is 40.8 Å². The number of aromatic nitrogens is 3. The smallest absolute Gasteiger partial charge is 0.387 e. The Labute approximate surface area is 158 Å². The van der Waals surface area contributed by atoms with Crippen LogP contribution >= 0.6 is 11.6 Å². The lowest BCUT2D eigenvalue weighted by atomic mass is 10.1. The SMILES string of the molecule is Cc1nc2c3c(nn2c(C)c1Cl)CN(C(=O)c1ccccc1OC(F)F)C3. The zero-order chi connectivity index (χ0) is 19.3. The standard InChI is InChI=1S/C18H15ClF2N4O2/c1-9-15(19)10(2)25-16(22-9)12-7-24(8-13(12)23-25)17(26)11-5-3-4-6-14(11)27-18(20)21/h3-6,18H,7-8H2,1-2H3. The molecule has 0 unspecified atom stereocenters. The number of hydrogen-bond acceptors (Lipinski definition) is 4. The number of ether oxygens (including phenoxy) is 1. The first-order chi connectivity index (χ1) is 12.9. The lowest BCUT2D eigenvalue weighted by molar-refractivity contribution is -0.0502. The van der Waals surface area contributed by atoms with Crippen LogP contribution in [0.3, 0.4) is 0 Å². The van der Waals surface area contributed by atoms with Crippen LogP contribution in [0.1, 0.15) is 33.0 Å². The Morgan fingerprint density at radius 3 is 2.74 bits per heavy atom. The molecule has 0 radical (unpaired) electrons. The van der Waals surface area contributed by atoms with Gasteiger partial charge in [-0.05, 0) is 26.0 Å². The highest BCUT2D eigenvalue weighted by molar-refractivity contribution is 6.31. The van der Waals surface area contributed by atoms with Crippen LogP contribution in [0.2, 0.25) is 5.02 Å². The number of benzene rings is 1. The molecule has 0 saturated carbocycles. The van der Waals surface area contributed by atoms with Crippen LogP contribution in [0, 0.1) is 13.8 Å². The third kappa shape index (κ3) is 2.90. The largest absolute Gasteiger partial charge is 0.434 e. The van der Waals surface area contributed by atoms with Crippen LogP contribution in [0.25, 0.3) is 5.65 Å². The number of amides is 1. The molecule has 3 heterocycles. The molecule has 0 fully saturated rings. The van der Waals surface area contributed by atoms with Gasteiger partial charge in [-0.15, -0.1) is 0 Å².